The van der Waals surface area contributed by atoms with Crippen molar-refractivity contribution in [2.24, 2.45) is 4.66 Å². The molecule has 1 radical (unpaired) electrons. The van der Waals surface area contributed by atoms with Crippen LogP contribution in [0.5, 0.6) is 0 Å². The van der Waals surface area contributed by atoms with Crippen LogP contribution >= 0.6 is 0 Å². The van der Waals surface area contributed by atoms with Crippen molar-refractivity contribution in [1.29, 1.82) is 0 Å². The van der Waals surface area contributed by atoms with Gasteiger partial charge in [-0.1, -0.05) is 13.3 Å². The van der Waals surface area contributed by atoms with Crippen LogP contribution in [0.4, 0.5) is 0 Å². The van der Waals surface area contributed by atoms with Gasteiger partial charge in [0.05, 0.1) is 0 Å². The fourth-order valence-corrected chi connectivity index (χ4v) is 2.03. The third kappa shape index (κ3) is 5.98. The molecule has 0 aromatic carbocycles. The molecule has 0 unspecified atom stereocenters. The molecule has 0 fully saturated rings. The van der Waals surface area contributed by atoms with E-state index in [-0.39, 0.29) is 6.10 Å². The summed E-state index contributed by atoms with van der Waals surface area (Å²) in [4.78, 5) is 9.93. The number of carbonyl (C=O) groups excluding carboxylic acids is 1. The molecule has 0 spiro atoms. The highest BCUT2D eigenvalue weighted by atomic mass is 28.3. The van der Waals surface area contributed by atoms with E-state index in [4.69, 9.17) is 4.43 Å². The summed E-state index contributed by atoms with van der Waals surface area (Å²) in [5, 5.41) is 0. The van der Waals surface area contributed by atoms with Gasteiger partial charge in [0.2, 0.25) is 6.08 Å². The number of nitrogens with zero attached hydrogens (tertiary/aromatic N) is 1. The van der Waals surface area contributed by atoms with E-state index in [2.05, 4.69) is 11.6 Å². The van der Waals surface area contributed by atoms with Crippen LogP contribution in [0.1, 0.15) is 27.2 Å². The molecule has 0 atom stereocenters. The zero-order valence-electron chi connectivity index (χ0n) is 7.26. The number of rotatable bonds is 5. The summed E-state index contributed by atoms with van der Waals surface area (Å²) < 4.78 is 9.03. The Morgan fingerprint density at radius 3 is 2.64 bits per heavy atom. The molecule has 0 aliphatic heterocycles. The maximum Gasteiger partial charge on any atom is 0.374 e. The molecule has 0 bridgehead atoms. The fourth-order valence-electron chi connectivity index (χ4n) is 0.678. The van der Waals surface area contributed by atoms with Crippen LogP contribution in [0.15, 0.2) is 4.66 Å². The molecule has 0 aromatic heterocycles. The predicted octanol–water partition coefficient (Wildman–Crippen LogP) is 1.65. The fraction of sp³-hybridized carbons (Fsp3) is 0.857. The lowest BCUT2D eigenvalue weighted by Gasteiger charge is -2.10. The average Bonchev–Trinajstić information content (AvgIpc) is 1.87. The lowest BCUT2D eigenvalue weighted by molar-refractivity contribution is 0.241. The second-order valence-electron chi connectivity index (χ2n) is 2.51. The molecule has 0 N–H and O–H groups in total. The molecule has 0 heterocycles. The molecule has 0 aromatic rings. The standard InChI is InChI=1S/C7H14NO2Si/c1-4-5-11(8-6-9)10-7(2)3/h7H,4-5H2,1-3H3. The third-order valence-electron chi connectivity index (χ3n) is 1.01. The van der Waals surface area contributed by atoms with Gasteiger partial charge in [-0.2, -0.15) is 0 Å². The van der Waals surface area contributed by atoms with E-state index in [0.717, 1.165) is 12.5 Å². The first-order valence-corrected chi connectivity index (χ1v) is 5.37. The zero-order chi connectivity index (χ0) is 8.69. The summed E-state index contributed by atoms with van der Waals surface area (Å²) >= 11 is 0. The van der Waals surface area contributed by atoms with Crippen molar-refractivity contribution < 1.29 is 9.22 Å². The maximum atomic E-state index is 9.93. The minimum Gasteiger partial charge on any atom is -0.394 e. The summed E-state index contributed by atoms with van der Waals surface area (Å²) in [5.74, 6) is 0. The van der Waals surface area contributed by atoms with Crippen LogP contribution in [0.2, 0.25) is 6.04 Å². The Morgan fingerprint density at radius 1 is 1.64 bits per heavy atom. The van der Waals surface area contributed by atoms with Gasteiger partial charge in [-0.3, -0.25) is 0 Å². The van der Waals surface area contributed by atoms with E-state index in [1.807, 2.05) is 13.8 Å². The Kier molecular flexibility index (Phi) is 6.03. The quantitative estimate of drug-likeness (QED) is 0.359. The Balaban J connectivity index is 3.78. The van der Waals surface area contributed by atoms with Gasteiger partial charge in [0.1, 0.15) is 0 Å². The predicted molar refractivity (Wildman–Crippen MR) is 45.2 cm³/mol. The second-order valence-corrected chi connectivity index (χ2v) is 4.26. The van der Waals surface area contributed by atoms with Gasteiger partial charge in [-0.15, -0.1) is 0 Å². The minimum atomic E-state index is -1.24. The smallest absolute Gasteiger partial charge is 0.374 e. The van der Waals surface area contributed by atoms with E-state index in [9.17, 15) is 4.79 Å². The van der Waals surface area contributed by atoms with Crippen LogP contribution in [0.3, 0.4) is 0 Å². The molecule has 0 aliphatic rings. The van der Waals surface area contributed by atoms with Crippen molar-refractivity contribution in [1.82, 2.24) is 0 Å². The van der Waals surface area contributed by atoms with Crippen LogP contribution in [0.25, 0.3) is 0 Å². The van der Waals surface area contributed by atoms with Crippen LogP contribution < -0.4 is 0 Å². The summed E-state index contributed by atoms with van der Waals surface area (Å²) in [6.45, 7) is 5.94. The largest absolute Gasteiger partial charge is 0.394 e. The highest BCUT2D eigenvalue weighted by Gasteiger charge is 2.12. The topological polar surface area (TPSA) is 38.7 Å². The number of hydrogen-bond donors (Lipinski definition) is 0. The van der Waals surface area contributed by atoms with Gasteiger partial charge in [0.25, 0.3) is 0 Å². The van der Waals surface area contributed by atoms with Crippen molar-refractivity contribution in [2.45, 2.75) is 39.3 Å². The van der Waals surface area contributed by atoms with Crippen LogP contribution in [0, 0.1) is 0 Å². The maximum absolute atomic E-state index is 9.93. The molecule has 3 nitrogen and oxygen atoms in total. The molecule has 4 heteroatoms. The van der Waals surface area contributed by atoms with Crippen molar-refractivity contribution >= 4 is 15.3 Å². The molecule has 0 saturated carbocycles. The average molecular weight is 172 g/mol. The lowest BCUT2D eigenvalue weighted by atomic mass is 10.5. The van der Waals surface area contributed by atoms with Crippen molar-refractivity contribution in [3.8, 4) is 0 Å². The summed E-state index contributed by atoms with van der Waals surface area (Å²) in [6, 6.07) is 0.887. The molecule has 11 heavy (non-hydrogen) atoms. The third-order valence-corrected chi connectivity index (χ3v) is 3.02. The van der Waals surface area contributed by atoms with Crippen molar-refractivity contribution in [3.05, 3.63) is 0 Å². The molecule has 63 valence electrons. The Labute approximate surface area is 69.3 Å². The van der Waals surface area contributed by atoms with E-state index < -0.39 is 9.20 Å². The van der Waals surface area contributed by atoms with Gasteiger partial charge >= 0.3 is 9.20 Å². The van der Waals surface area contributed by atoms with Crippen molar-refractivity contribution in [2.75, 3.05) is 0 Å². The number of isocyanates is 1. The zero-order valence-corrected chi connectivity index (χ0v) is 8.26. The van der Waals surface area contributed by atoms with E-state index in [1.54, 1.807) is 6.08 Å². The lowest BCUT2D eigenvalue weighted by Crippen LogP contribution is -2.19. The molecular weight excluding hydrogens is 158 g/mol. The first kappa shape index (κ1) is 10.6. The van der Waals surface area contributed by atoms with Gasteiger partial charge in [0.15, 0.2) is 0 Å². The first-order valence-electron chi connectivity index (χ1n) is 3.81. The van der Waals surface area contributed by atoms with Gasteiger partial charge in [0, 0.05) is 6.10 Å². The summed E-state index contributed by atoms with van der Waals surface area (Å²) in [6.07, 6.45) is 2.72. The van der Waals surface area contributed by atoms with Crippen molar-refractivity contribution in [3.63, 3.8) is 0 Å². The summed E-state index contributed by atoms with van der Waals surface area (Å²) in [7, 11) is -1.24. The van der Waals surface area contributed by atoms with E-state index in [1.165, 1.54) is 0 Å². The van der Waals surface area contributed by atoms with Crippen LogP contribution in [-0.2, 0) is 9.22 Å². The SMILES string of the molecule is CCC[Si](N=C=O)OC(C)C. The molecular formula is C7H14NO2Si. The highest BCUT2D eigenvalue weighted by Crippen LogP contribution is 2.02. The molecule has 0 rings (SSSR count). The monoisotopic (exact) mass is 172 g/mol. The molecule has 0 saturated heterocycles. The second kappa shape index (κ2) is 6.28. The normalized spacial score (nSPS) is 10.3. The van der Waals surface area contributed by atoms with Gasteiger partial charge in [-0.05, 0) is 19.9 Å². The van der Waals surface area contributed by atoms with Crippen LogP contribution in [-0.4, -0.2) is 21.4 Å². The summed E-state index contributed by atoms with van der Waals surface area (Å²) in [5.41, 5.74) is 0. The Bertz CT molecular complexity index is 143. The molecule has 0 aliphatic carbocycles. The number of hydrogen-bond acceptors (Lipinski definition) is 3. The Hall–Kier alpha value is -0.443. The van der Waals surface area contributed by atoms with Gasteiger partial charge in [-0.25, -0.2) is 9.45 Å². The molecule has 0 amide bonds. The van der Waals surface area contributed by atoms with E-state index in [0.29, 0.717) is 0 Å². The van der Waals surface area contributed by atoms with E-state index >= 15 is 0 Å². The first-order chi connectivity index (χ1) is 5.20. The highest BCUT2D eigenvalue weighted by molar-refractivity contribution is 6.50. The van der Waals surface area contributed by atoms with Gasteiger partial charge < -0.3 is 4.43 Å². The Morgan fingerprint density at radius 2 is 2.27 bits per heavy atom. The minimum absolute atomic E-state index is 0.160.